The van der Waals surface area contributed by atoms with E-state index in [0.29, 0.717) is 5.69 Å². The molecule has 0 radical (unpaired) electrons. The molecule has 8 heteroatoms. The van der Waals surface area contributed by atoms with Crippen molar-refractivity contribution >= 4 is 11.6 Å². The number of amides is 1. The second kappa shape index (κ2) is 7.94. The first-order chi connectivity index (χ1) is 9.80. The van der Waals surface area contributed by atoms with Gasteiger partial charge >= 0.3 is 6.18 Å². The molecular formula is C13H16F4N2O2. The Labute approximate surface area is 119 Å². The van der Waals surface area contributed by atoms with E-state index in [9.17, 15) is 22.4 Å². The Balaban J connectivity index is 2.56. The van der Waals surface area contributed by atoms with Gasteiger partial charge in [0.2, 0.25) is 5.91 Å². The summed E-state index contributed by atoms with van der Waals surface area (Å²) in [7, 11) is 0. The molecule has 1 aromatic rings. The maximum Gasteiger partial charge on any atom is 0.401 e. The van der Waals surface area contributed by atoms with Gasteiger partial charge in [-0.1, -0.05) is 0 Å². The maximum absolute atomic E-state index is 12.7. The van der Waals surface area contributed by atoms with Crippen molar-refractivity contribution in [1.82, 2.24) is 4.90 Å². The van der Waals surface area contributed by atoms with Gasteiger partial charge in [0.15, 0.2) is 0 Å². The molecule has 0 atom stereocenters. The van der Waals surface area contributed by atoms with Gasteiger partial charge in [0.25, 0.3) is 0 Å². The minimum absolute atomic E-state index is 0.0488. The third-order valence-electron chi connectivity index (χ3n) is 2.53. The van der Waals surface area contributed by atoms with E-state index in [1.165, 1.54) is 12.1 Å². The van der Waals surface area contributed by atoms with Crippen LogP contribution in [0.4, 0.5) is 23.2 Å². The molecule has 0 saturated heterocycles. The van der Waals surface area contributed by atoms with Crippen molar-refractivity contribution in [2.24, 2.45) is 0 Å². The van der Waals surface area contributed by atoms with Gasteiger partial charge in [-0.3, -0.25) is 9.69 Å². The molecule has 1 amide bonds. The number of halogens is 4. The predicted molar refractivity (Wildman–Crippen MR) is 69.2 cm³/mol. The molecule has 0 fully saturated rings. The minimum atomic E-state index is -4.42. The van der Waals surface area contributed by atoms with Gasteiger partial charge in [0.05, 0.1) is 13.1 Å². The van der Waals surface area contributed by atoms with Gasteiger partial charge in [0.1, 0.15) is 5.82 Å². The number of benzene rings is 1. The van der Waals surface area contributed by atoms with Crippen molar-refractivity contribution in [1.29, 1.82) is 0 Å². The van der Waals surface area contributed by atoms with Crippen LogP contribution in [0, 0.1) is 5.82 Å². The first-order valence-electron chi connectivity index (χ1n) is 6.25. The Morgan fingerprint density at radius 1 is 1.24 bits per heavy atom. The number of carbonyl (C=O) groups excluding carboxylic acids is 1. The topological polar surface area (TPSA) is 52.6 Å². The average Bonchev–Trinajstić information content (AvgIpc) is 2.37. The normalized spacial score (nSPS) is 11.7. The molecule has 0 bridgehead atoms. The molecule has 1 aromatic carbocycles. The number of nitrogens with zero attached hydrogens (tertiary/aromatic N) is 1. The fourth-order valence-electron chi connectivity index (χ4n) is 1.70. The number of aliphatic hydroxyl groups is 1. The second-order valence-corrected chi connectivity index (χ2v) is 4.46. The first-order valence-corrected chi connectivity index (χ1v) is 6.25. The number of aliphatic hydroxyl groups excluding tert-OH is 1. The zero-order valence-corrected chi connectivity index (χ0v) is 11.2. The van der Waals surface area contributed by atoms with Crippen molar-refractivity contribution < 1.29 is 27.5 Å². The summed E-state index contributed by atoms with van der Waals surface area (Å²) < 4.78 is 49.8. The van der Waals surface area contributed by atoms with E-state index in [-0.39, 0.29) is 19.6 Å². The molecule has 21 heavy (non-hydrogen) atoms. The number of carbonyl (C=O) groups is 1. The summed E-state index contributed by atoms with van der Waals surface area (Å²) in [5, 5.41) is 11.0. The lowest BCUT2D eigenvalue weighted by Crippen LogP contribution is -2.40. The van der Waals surface area contributed by atoms with Gasteiger partial charge in [-0.15, -0.1) is 0 Å². The lowest BCUT2D eigenvalue weighted by atomic mass is 10.3. The van der Waals surface area contributed by atoms with E-state index < -0.39 is 31.0 Å². The number of nitrogens with one attached hydrogen (secondary N) is 1. The molecule has 0 aliphatic carbocycles. The van der Waals surface area contributed by atoms with E-state index in [1.54, 1.807) is 0 Å². The summed E-state index contributed by atoms with van der Waals surface area (Å²) in [6, 6.07) is 4.90. The highest BCUT2D eigenvalue weighted by molar-refractivity contribution is 5.92. The molecule has 0 saturated carbocycles. The van der Waals surface area contributed by atoms with Crippen molar-refractivity contribution in [3.63, 3.8) is 0 Å². The second-order valence-electron chi connectivity index (χ2n) is 4.46. The number of anilines is 1. The SMILES string of the molecule is O=C(CN(CCCO)CC(F)(F)F)Nc1ccc(F)cc1. The highest BCUT2D eigenvalue weighted by atomic mass is 19.4. The predicted octanol–water partition coefficient (Wildman–Crippen LogP) is 2.01. The summed E-state index contributed by atoms with van der Waals surface area (Å²) in [5.74, 6) is -1.11. The van der Waals surface area contributed by atoms with Crippen molar-refractivity contribution in [2.75, 3.05) is 31.6 Å². The van der Waals surface area contributed by atoms with Crippen LogP contribution in [0.2, 0.25) is 0 Å². The van der Waals surface area contributed by atoms with Gasteiger partial charge in [-0.2, -0.15) is 13.2 Å². The molecule has 0 heterocycles. The van der Waals surface area contributed by atoms with Crippen LogP contribution in [-0.2, 0) is 4.79 Å². The monoisotopic (exact) mass is 308 g/mol. The van der Waals surface area contributed by atoms with Gasteiger partial charge in [-0.25, -0.2) is 4.39 Å². The third-order valence-corrected chi connectivity index (χ3v) is 2.53. The van der Waals surface area contributed by atoms with Crippen LogP contribution in [0.1, 0.15) is 6.42 Å². The first kappa shape index (κ1) is 17.4. The quantitative estimate of drug-likeness (QED) is 0.758. The molecule has 1 rings (SSSR count). The molecule has 0 unspecified atom stereocenters. The lowest BCUT2D eigenvalue weighted by Gasteiger charge is -2.22. The highest BCUT2D eigenvalue weighted by Gasteiger charge is 2.31. The highest BCUT2D eigenvalue weighted by Crippen LogP contribution is 2.16. The van der Waals surface area contributed by atoms with Crippen LogP contribution in [0.25, 0.3) is 0 Å². The third kappa shape index (κ3) is 7.62. The smallest absolute Gasteiger partial charge is 0.396 e. The molecule has 0 aromatic heterocycles. The van der Waals surface area contributed by atoms with E-state index in [0.717, 1.165) is 17.0 Å². The van der Waals surface area contributed by atoms with Crippen LogP contribution in [-0.4, -0.2) is 48.3 Å². The van der Waals surface area contributed by atoms with Gasteiger partial charge in [0, 0.05) is 18.8 Å². The fourth-order valence-corrected chi connectivity index (χ4v) is 1.70. The number of alkyl halides is 3. The van der Waals surface area contributed by atoms with Crippen LogP contribution in [0.3, 0.4) is 0 Å². The number of rotatable bonds is 7. The van der Waals surface area contributed by atoms with E-state index >= 15 is 0 Å². The summed E-state index contributed by atoms with van der Waals surface area (Å²) in [6.45, 7) is -2.00. The summed E-state index contributed by atoms with van der Waals surface area (Å²) in [4.78, 5) is 12.6. The minimum Gasteiger partial charge on any atom is -0.396 e. The summed E-state index contributed by atoms with van der Waals surface area (Å²) >= 11 is 0. The summed E-state index contributed by atoms with van der Waals surface area (Å²) in [5.41, 5.74) is 0.301. The standard InChI is InChI=1S/C13H16F4N2O2/c14-10-2-4-11(5-3-10)18-12(21)8-19(6-1-7-20)9-13(15,16)17/h2-5,20H,1,6-9H2,(H,18,21). The number of hydrogen-bond acceptors (Lipinski definition) is 3. The maximum atomic E-state index is 12.7. The summed E-state index contributed by atoms with van der Waals surface area (Å²) in [6.07, 6.45) is -4.29. The van der Waals surface area contributed by atoms with Crippen molar-refractivity contribution in [2.45, 2.75) is 12.6 Å². The van der Waals surface area contributed by atoms with E-state index in [2.05, 4.69) is 5.32 Å². The fraction of sp³-hybridized carbons (Fsp3) is 0.462. The molecule has 0 aliphatic heterocycles. The Bertz CT molecular complexity index is 448. The zero-order chi connectivity index (χ0) is 15.9. The van der Waals surface area contributed by atoms with Crippen LogP contribution in [0.5, 0.6) is 0 Å². The van der Waals surface area contributed by atoms with Crippen LogP contribution >= 0.6 is 0 Å². The molecule has 0 aliphatic rings. The largest absolute Gasteiger partial charge is 0.401 e. The number of hydrogen-bond donors (Lipinski definition) is 2. The molecule has 0 spiro atoms. The van der Waals surface area contributed by atoms with Crippen LogP contribution in [0.15, 0.2) is 24.3 Å². The van der Waals surface area contributed by atoms with E-state index in [4.69, 9.17) is 5.11 Å². The molecule has 118 valence electrons. The zero-order valence-electron chi connectivity index (χ0n) is 11.2. The Morgan fingerprint density at radius 3 is 2.38 bits per heavy atom. The van der Waals surface area contributed by atoms with E-state index in [1.807, 2.05) is 0 Å². The van der Waals surface area contributed by atoms with Gasteiger partial charge in [-0.05, 0) is 30.7 Å². The van der Waals surface area contributed by atoms with Crippen molar-refractivity contribution in [3.8, 4) is 0 Å². The molecule has 2 N–H and O–H groups in total. The Kier molecular flexibility index (Phi) is 6.57. The average molecular weight is 308 g/mol. The lowest BCUT2D eigenvalue weighted by molar-refractivity contribution is -0.148. The molecular weight excluding hydrogens is 292 g/mol. The van der Waals surface area contributed by atoms with Crippen LogP contribution < -0.4 is 5.32 Å². The Hall–Kier alpha value is -1.67. The molecule has 4 nitrogen and oxygen atoms in total. The van der Waals surface area contributed by atoms with Gasteiger partial charge < -0.3 is 10.4 Å². The van der Waals surface area contributed by atoms with Crippen molar-refractivity contribution in [3.05, 3.63) is 30.1 Å². The Morgan fingerprint density at radius 2 is 1.86 bits per heavy atom.